The summed E-state index contributed by atoms with van der Waals surface area (Å²) >= 11 is 0. The van der Waals surface area contributed by atoms with Gasteiger partial charge in [-0.25, -0.2) is 0 Å². The van der Waals surface area contributed by atoms with Gasteiger partial charge in [0.25, 0.3) is 0 Å². The summed E-state index contributed by atoms with van der Waals surface area (Å²) in [4.78, 5) is 0. The van der Waals surface area contributed by atoms with E-state index in [0.717, 1.165) is 17.9 Å². The van der Waals surface area contributed by atoms with Crippen molar-refractivity contribution in [1.29, 1.82) is 0 Å². The zero-order valence-corrected chi connectivity index (χ0v) is 8.31. The molecule has 3 heterocycles. The van der Waals surface area contributed by atoms with Crippen LogP contribution in [-0.4, -0.2) is 22.0 Å². The fourth-order valence-corrected chi connectivity index (χ4v) is 2.64. The number of ether oxygens (including phenoxy) is 1. The predicted molar refractivity (Wildman–Crippen MR) is 52.9 cm³/mol. The number of hydrogen-bond acceptors (Lipinski definition) is 3. The number of aromatic nitrogens is 2. The summed E-state index contributed by atoms with van der Waals surface area (Å²) in [5.41, 5.74) is 6.87. The van der Waals surface area contributed by atoms with E-state index in [1.54, 1.807) is 4.68 Å². The molecule has 0 spiro atoms. The van der Waals surface area contributed by atoms with Crippen molar-refractivity contribution in [1.82, 2.24) is 9.78 Å². The second-order valence-corrected chi connectivity index (χ2v) is 4.33. The summed E-state index contributed by atoms with van der Waals surface area (Å²) in [7, 11) is 1.88. The Morgan fingerprint density at radius 2 is 2.43 bits per heavy atom. The molecule has 0 amide bonds. The van der Waals surface area contributed by atoms with Gasteiger partial charge in [0.05, 0.1) is 17.9 Å². The van der Waals surface area contributed by atoms with Gasteiger partial charge in [0.15, 0.2) is 0 Å². The van der Waals surface area contributed by atoms with Gasteiger partial charge in [0.2, 0.25) is 0 Å². The van der Waals surface area contributed by atoms with Crippen molar-refractivity contribution in [3.05, 3.63) is 11.8 Å². The van der Waals surface area contributed by atoms with E-state index in [-0.39, 0.29) is 0 Å². The molecule has 2 saturated heterocycles. The number of aryl methyl sites for hydroxylation is 1. The molecule has 2 bridgehead atoms. The number of anilines is 1. The maximum Gasteiger partial charge on any atom is 0.121 e. The molecule has 3 rings (SSSR count). The average Bonchev–Trinajstić information content (AvgIpc) is 2.82. The molecule has 1 aromatic heterocycles. The zero-order valence-electron chi connectivity index (χ0n) is 8.31. The van der Waals surface area contributed by atoms with Gasteiger partial charge >= 0.3 is 0 Å². The second kappa shape index (κ2) is 2.73. The first-order valence-corrected chi connectivity index (χ1v) is 5.19. The minimum absolute atomic E-state index is 0.397. The molecule has 0 aliphatic carbocycles. The Balaban J connectivity index is 1.89. The van der Waals surface area contributed by atoms with Crippen LogP contribution < -0.4 is 5.73 Å². The van der Waals surface area contributed by atoms with E-state index in [4.69, 9.17) is 10.5 Å². The van der Waals surface area contributed by atoms with Crippen LogP contribution in [0.15, 0.2) is 6.07 Å². The number of fused-ring (bicyclic) bond motifs is 2. The molecule has 2 aliphatic heterocycles. The van der Waals surface area contributed by atoms with Crippen molar-refractivity contribution in [2.45, 2.75) is 37.4 Å². The third-order valence-corrected chi connectivity index (χ3v) is 3.42. The first kappa shape index (κ1) is 8.29. The van der Waals surface area contributed by atoms with Gasteiger partial charge in [-0.3, -0.25) is 4.68 Å². The van der Waals surface area contributed by atoms with Crippen molar-refractivity contribution < 1.29 is 4.74 Å². The molecule has 0 radical (unpaired) electrons. The Bertz CT molecular complexity index is 341. The summed E-state index contributed by atoms with van der Waals surface area (Å²) < 4.78 is 7.54. The lowest BCUT2D eigenvalue weighted by molar-refractivity contribution is 0.100. The molecule has 76 valence electrons. The highest BCUT2D eigenvalue weighted by molar-refractivity contribution is 5.33. The molecule has 14 heavy (non-hydrogen) atoms. The van der Waals surface area contributed by atoms with Gasteiger partial charge in [-0.05, 0) is 19.3 Å². The van der Waals surface area contributed by atoms with E-state index in [2.05, 4.69) is 5.10 Å². The molecule has 4 heteroatoms. The number of nitrogen functional groups attached to an aromatic ring is 1. The average molecular weight is 193 g/mol. The molecule has 0 saturated carbocycles. The number of nitrogens with zero attached hydrogens (tertiary/aromatic N) is 2. The molecule has 2 aliphatic rings. The largest absolute Gasteiger partial charge is 0.384 e. The zero-order chi connectivity index (χ0) is 9.71. The van der Waals surface area contributed by atoms with Crippen LogP contribution in [0.4, 0.5) is 5.82 Å². The van der Waals surface area contributed by atoms with E-state index in [1.165, 1.54) is 12.8 Å². The predicted octanol–water partition coefficient (Wildman–Crippen LogP) is 1.04. The summed E-state index contributed by atoms with van der Waals surface area (Å²) in [6.07, 6.45) is 4.42. The highest BCUT2D eigenvalue weighted by atomic mass is 16.5. The molecule has 0 aromatic carbocycles. The maximum atomic E-state index is 5.80. The van der Waals surface area contributed by atoms with Crippen LogP contribution >= 0.6 is 0 Å². The first-order valence-electron chi connectivity index (χ1n) is 5.19. The van der Waals surface area contributed by atoms with Gasteiger partial charge in [-0.2, -0.15) is 5.10 Å². The van der Waals surface area contributed by atoms with Crippen molar-refractivity contribution >= 4 is 5.82 Å². The lowest BCUT2D eigenvalue weighted by atomic mass is 9.87. The second-order valence-electron chi connectivity index (χ2n) is 4.33. The quantitative estimate of drug-likeness (QED) is 0.725. The van der Waals surface area contributed by atoms with Crippen molar-refractivity contribution in [2.24, 2.45) is 7.05 Å². The SMILES string of the molecule is Cn1nc(C2C[C@@H]3CC[C@H]2O3)cc1N. The Morgan fingerprint density at radius 3 is 2.93 bits per heavy atom. The van der Waals surface area contributed by atoms with Gasteiger partial charge in [-0.1, -0.05) is 0 Å². The van der Waals surface area contributed by atoms with Crippen LogP contribution in [0.3, 0.4) is 0 Å². The summed E-state index contributed by atoms with van der Waals surface area (Å²) in [5, 5.41) is 4.42. The Kier molecular flexibility index (Phi) is 1.62. The number of hydrogen-bond donors (Lipinski definition) is 1. The third-order valence-electron chi connectivity index (χ3n) is 3.42. The highest BCUT2D eigenvalue weighted by Crippen LogP contribution is 2.44. The van der Waals surface area contributed by atoms with E-state index in [9.17, 15) is 0 Å². The van der Waals surface area contributed by atoms with Crippen LogP contribution in [-0.2, 0) is 11.8 Å². The van der Waals surface area contributed by atoms with E-state index >= 15 is 0 Å². The monoisotopic (exact) mass is 193 g/mol. The van der Waals surface area contributed by atoms with Crippen molar-refractivity contribution in [2.75, 3.05) is 5.73 Å². The third kappa shape index (κ3) is 1.07. The lowest BCUT2D eigenvalue weighted by Crippen LogP contribution is -2.14. The smallest absolute Gasteiger partial charge is 0.121 e. The Hall–Kier alpha value is -1.03. The van der Waals surface area contributed by atoms with Crippen LogP contribution in [0.1, 0.15) is 30.9 Å². The molecule has 2 fully saturated rings. The molecule has 1 unspecified atom stereocenters. The van der Waals surface area contributed by atoms with Gasteiger partial charge in [0.1, 0.15) is 5.82 Å². The minimum atomic E-state index is 0.397. The molecule has 3 atom stereocenters. The van der Waals surface area contributed by atoms with Crippen molar-refractivity contribution in [3.8, 4) is 0 Å². The molecular weight excluding hydrogens is 178 g/mol. The van der Waals surface area contributed by atoms with Crippen LogP contribution in [0, 0.1) is 0 Å². The Morgan fingerprint density at radius 1 is 1.57 bits per heavy atom. The lowest BCUT2D eigenvalue weighted by Gasteiger charge is -2.15. The normalized spacial score (nSPS) is 35.4. The fraction of sp³-hybridized carbons (Fsp3) is 0.700. The summed E-state index contributed by atoms with van der Waals surface area (Å²) in [5.74, 6) is 1.22. The van der Waals surface area contributed by atoms with E-state index in [1.807, 2.05) is 13.1 Å². The topological polar surface area (TPSA) is 53.1 Å². The molecule has 2 N–H and O–H groups in total. The van der Waals surface area contributed by atoms with Crippen LogP contribution in [0.25, 0.3) is 0 Å². The van der Waals surface area contributed by atoms with Crippen LogP contribution in [0.5, 0.6) is 0 Å². The minimum Gasteiger partial charge on any atom is -0.384 e. The maximum absolute atomic E-state index is 5.80. The standard InChI is InChI=1S/C10H15N3O/c1-13-10(11)5-8(12-13)7-4-6-2-3-9(7)14-6/h5-7,9H,2-4,11H2,1H3/t6-,7?,9+/m0/s1. The number of rotatable bonds is 1. The highest BCUT2D eigenvalue weighted by Gasteiger charge is 2.42. The fourth-order valence-electron chi connectivity index (χ4n) is 2.64. The van der Waals surface area contributed by atoms with E-state index < -0.39 is 0 Å². The first-order chi connectivity index (χ1) is 6.74. The van der Waals surface area contributed by atoms with Gasteiger partial charge in [0, 0.05) is 19.0 Å². The molecule has 1 aromatic rings. The number of nitrogens with two attached hydrogens (primary N) is 1. The van der Waals surface area contributed by atoms with E-state index in [0.29, 0.717) is 18.1 Å². The summed E-state index contributed by atoms with van der Waals surface area (Å²) in [6, 6.07) is 1.98. The Labute approximate surface area is 83.0 Å². The molecule has 4 nitrogen and oxygen atoms in total. The summed E-state index contributed by atoms with van der Waals surface area (Å²) in [6.45, 7) is 0. The van der Waals surface area contributed by atoms with Gasteiger partial charge in [-0.15, -0.1) is 0 Å². The van der Waals surface area contributed by atoms with Crippen molar-refractivity contribution in [3.63, 3.8) is 0 Å². The molecular formula is C10H15N3O. The van der Waals surface area contributed by atoms with Crippen LogP contribution in [0.2, 0.25) is 0 Å². The van der Waals surface area contributed by atoms with Gasteiger partial charge < -0.3 is 10.5 Å².